The molecule has 8 heteroatoms. The van der Waals surface area contributed by atoms with Crippen LogP contribution < -0.4 is 10.2 Å². The molecule has 25 heavy (non-hydrogen) atoms. The van der Waals surface area contributed by atoms with Crippen LogP contribution in [0.1, 0.15) is 6.42 Å². The van der Waals surface area contributed by atoms with Crippen molar-refractivity contribution in [2.75, 3.05) is 16.8 Å². The predicted molar refractivity (Wildman–Crippen MR) is 86.9 cm³/mol. The van der Waals surface area contributed by atoms with Crippen LogP contribution in [0.15, 0.2) is 36.4 Å². The van der Waals surface area contributed by atoms with Crippen LogP contribution in [-0.2, 0) is 9.59 Å². The molecular weight excluding hydrogens is 357 g/mol. The van der Waals surface area contributed by atoms with Crippen molar-refractivity contribution in [3.63, 3.8) is 0 Å². The fourth-order valence-electron chi connectivity index (χ4n) is 2.60. The summed E-state index contributed by atoms with van der Waals surface area (Å²) >= 11 is 5.72. The van der Waals surface area contributed by atoms with E-state index in [9.17, 15) is 22.8 Å². The molecule has 4 nitrogen and oxygen atoms in total. The molecule has 0 spiro atoms. The Kier molecular flexibility index (Phi) is 4.67. The van der Waals surface area contributed by atoms with Crippen LogP contribution in [0.4, 0.5) is 24.5 Å². The molecular formula is C17H12ClF3N2O2. The summed E-state index contributed by atoms with van der Waals surface area (Å²) in [5.74, 6) is -4.19. The molecule has 2 amide bonds. The smallest absolute Gasteiger partial charge is 0.229 e. The second-order valence-corrected chi connectivity index (χ2v) is 6.03. The molecule has 0 bridgehead atoms. The molecule has 0 aromatic heterocycles. The molecule has 130 valence electrons. The third kappa shape index (κ3) is 3.61. The van der Waals surface area contributed by atoms with Crippen molar-refractivity contribution in [2.45, 2.75) is 6.42 Å². The van der Waals surface area contributed by atoms with Gasteiger partial charge in [0.1, 0.15) is 5.82 Å². The summed E-state index contributed by atoms with van der Waals surface area (Å²) in [5.41, 5.74) is 0.485. The molecule has 1 atom stereocenters. The third-order valence-electron chi connectivity index (χ3n) is 3.90. The van der Waals surface area contributed by atoms with Gasteiger partial charge in [-0.3, -0.25) is 9.59 Å². The highest BCUT2D eigenvalue weighted by molar-refractivity contribution is 6.31. The van der Waals surface area contributed by atoms with E-state index in [-0.39, 0.29) is 29.6 Å². The maximum atomic E-state index is 13.2. The lowest BCUT2D eigenvalue weighted by molar-refractivity contribution is -0.122. The highest BCUT2D eigenvalue weighted by Gasteiger charge is 2.35. The first-order valence-corrected chi connectivity index (χ1v) is 7.74. The number of anilines is 2. The molecule has 1 saturated heterocycles. The molecule has 0 aliphatic carbocycles. The Labute approximate surface area is 146 Å². The van der Waals surface area contributed by atoms with Gasteiger partial charge in [-0.05, 0) is 30.3 Å². The molecule has 0 radical (unpaired) electrons. The van der Waals surface area contributed by atoms with Gasteiger partial charge in [0, 0.05) is 30.4 Å². The van der Waals surface area contributed by atoms with E-state index in [1.54, 1.807) is 0 Å². The lowest BCUT2D eigenvalue weighted by Crippen LogP contribution is -2.28. The Morgan fingerprint density at radius 2 is 1.80 bits per heavy atom. The Morgan fingerprint density at radius 3 is 2.48 bits per heavy atom. The summed E-state index contributed by atoms with van der Waals surface area (Å²) in [4.78, 5) is 25.7. The van der Waals surface area contributed by atoms with E-state index in [0.717, 1.165) is 18.2 Å². The largest absolute Gasteiger partial charge is 0.326 e. The van der Waals surface area contributed by atoms with Crippen molar-refractivity contribution in [1.29, 1.82) is 0 Å². The van der Waals surface area contributed by atoms with Crippen molar-refractivity contribution in [1.82, 2.24) is 0 Å². The summed E-state index contributed by atoms with van der Waals surface area (Å²) in [7, 11) is 0. The van der Waals surface area contributed by atoms with Gasteiger partial charge >= 0.3 is 0 Å². The van der Waals surface area contributed by atoms with E-state index in [0.29, 0.717) is 5.69 Å². The minimum absolute atomic E-state index is 0.0511. The lowest BCUT2D eigenvalue weighted by Gasteiger charge is -2.17. The zero-order chi connectivity index (χ0) is 18.1. The molecule has 2 aromatic rings. The van der Waals surface area contributed by atoms with Crippen molar-refractivity contribution in [2.24, 2.45) is 5.92 Å². The molecule has 1 aliphatic rings. The van der Waals surface area contributed by atoms with Crippen molar-refractivity contribution >= 4 is 34.8 Å². The number of amides is 2. The van der Waals surface area contributed by atoms with E-state index < -0.39 is 29.3 Å². The van der Waals surface area contributed by atoms with Gasteiger partial charge in [0.05, 0.1) is 10.9 Å². The summed E-state index contributed by atoms with van der Waals surface area (Å²) in [5, 5.41) is 2.33. The third-order valence-corrected chi connectivity index (χ3v) is 4.19. The van der Waals surface area contributed by atoms with Crippen LogP contribution in [0, 0.1) is 23.4 Å². The van der Waals surface area contributed by atoms with Gasteiger partial charge in [-0.25, -0.2) is 13.2 Å². The van der Waals surface area contributed by atoms with Gasteiger partial charge in [-0.15, -0.1) is 0 Å². The van der Waals surface area contributed by atoms with Gasteiger partial charge in [0.2, 0.25) is 11.8 Å². The second kappa shape index (κ2) is 6.76. The zero-order valence-corrected chi connectivity index (χ0v) is 13.5. The molecule has 1 aliphatic heterocycles. The Bertz CT molecular complexity index is 860. The minimum atomic E-state index is -1.08. The molecule has 0 saturated carbocycles. The second-order valence-electron chi connectivity index (χ2n) is 5.62. The molecule has 1 unspecified atom stereocenters. The topological polar surface area (TPSA) is 49.4 Å². The number of nitrogens with zero attached hydrogens (tertiary/aromatic N) is 1. The van der Waals surface area contributed by atoms with Crippen LogP contribution in [0.2, 0.25) is 5.02 Å². The monoisotopic (exact) mass is 368 g/mol. The van der Waals surface area contributed by atoms with E-state index in [4.69, 9.17) is 11.6 Å². The van der Waals surface area contributed by atoms with E-state index >= 15 is 0 Å². The first kappa shape index (κ1) is 17.3. The Balaban J connectivity index is 1.71. The first-order chi connectivity index (χ1) is 11.8. The standard InChI is InChI=1S/C17H12ClF3N2O2/c18-12-7-11(2-4-13(12)19)23-8-9(5-16(23)24)17(25)22-10-1-3-14(20)15(21)6-10/h1-4,6-7,9H,5,8H2,(H,22,25). The first-order valence-electron chi connectivity index (χ1n) is 7.36. The number of rotatable bonds is 3. The molecule has 2 aromatic carbocycles. The number of hydrogen-bond acceptors (Lipinski definition) is 2. The summed E-state index contributed by atoms with van der Waals surface area (Å²) < 4.78 is 39.3. The SMILES string of the molecule is O=C(Nc1ccc(F)c(F)c1)C1CC(=O)N(c2ccc(F)c(Cl)c2)C1. The van der Waals surface area contributed by atoms with Crippen molar-refractivity contribution < 1.29 is 22.8 Å². The number of benzene rings is 2. The van der Waals surface area contributed by atoms with Gasteiger partial charge < -0.3 is 10.2 Å². The Morgan fingerprint density at radius 1 is 1.08 bits per heavy atom. The number of nitrogens with one attached hydrogen (secondary N) is 1. The minimum Gasteiger partial charge on any atom is -0.326 e. The summed E-state index contributed by atoms with van der Waals surface area (Å²) in [6.07, 6.45) is -0.0511. The van der Waals surface area contributed by atoms with Crippen LogP contribution in [0.3, 0.4) is 0 Å². The van der Waals surface area contributed by atoms with Crippen LogP contribution >= 0.6 is 11.6 Å². The van der Waals surface area contributed by atoms with Gasteiger partial charge in [0.25, 0.3) is 0 Å². The van der Waals surface area contributed by atoms with Crippen molar-refractivity contribution in [3.05, 3.63) is 58.9 Å². The fourth-order valence-corrected chi connectivity index (χ4v) is 2.78. The maximum absolute atomic E-state index is 13.2. The quantitative estimate of drug-likeness (QED) is 0.897. The fraction of sp³-hybridized carbons (Fsp3) is 0.176. The summed E-state index contributed by atoms with van der Waals surface area (Å²) in [6, 6.07) is 6.84. The highest BCUT2D eigenvalue weighted by Crippen LogP contribution is 2.29. The van der Waals surface area contributed by atoms with Gasteiger partial charge in [-0.2, -0.15) is 0 Å². The number of hydrogen-bond donors (Lipinski definition) is 1. The average Bonchev–Trinajstić information content (AvgIpc) is 2.95. The summed E-state index contributed by atoms with van der Waals surface area (Å²) in [6.45, 7) is 0.0797. The molecule has 1 heterocycles. The normalized spacial score (nSPS) is 17.0. The molecule has 3 rings (SSSR count). The number of carbonyl (C=O) groups is 2. The zero-order valence-electron chi connectivity index (χ0n) is 12.7. The van der Waals surface area contributed by atoms with Crippen LogP contribution in [0.25, 0.3) is 0 Å². The maximum Gasteiger partial charge on any atom is 0.229 e. The molecule has 1 fully saturated rings. The number of halogens is 4. The molecule has 1 N–H and O–H groups in total. The van der Waals surface area contributed by atoms with E-state index in [1.165, 1.54) is 23.1 Å². The highest BCUT2D eigenvalue weighted by atomic mass is 35.5. The van der Waals surface area contributed by atoms with E-state index in [2.05, 4.69) is 5.32 Å². The van der Waals surface area contributed by atoms with Gasteiger partial charge in [0.15, 0.2) is 11.6 Å². The van der Waals surface area contributed by atoms with Crippen molar-refractivity contribution in [3.8, 4) is 0 Å². The van der Waals surface area contributed by atoms with Crippen LogP contribution in [0.5, 0.6) is 0 Å². The Hall–Kier alpha value is -2.54. The number of carbonyl (C=O) groups excluding carboxylic acids is 2. The predicted octanol–water partition coefficient (Wildman–Crippen LogP) is 3.75. The van der Waals surface area contributed by atoms with E-state index in [1.807, 2.05) is 0 Å². The lowest BCUT2D eigenvalue weighted by atomic mass is 10.1. The average molecular weight is 369 g/mol. The van der Waals surface area contributed by atoms with Gasteiger partial charge in [-0.1, -0.05) is 11.6 Å². The van der Waals surface area contributed by atoms with Crippen LogP contribution in [-0.4, -0.2) is 18.4 Å².